The van der Waals surface area contributed by atoms with E-state index in [9.17, 15) is 4.79 Å². The first-order valence-electron chi connectivity index (χ1n) is 8.76. The molecule has 20 heavy (non-hydrogen) atoms. The first-order valence-corrected chi connectivity index (χ1v) is 8.76. The quantitative estimate of drug-likeness (QED) is 0.568. The van der Waals surface area contributed by atoms with Gasteiger partial charge in [-0.1, -0.05) is 46.0 Å². The second-order valence-electron chi connectivity index (χ2n) is 6.31. The normalized spacial score (nSPS) is 20.0. The van der Waals surface area contributed by atoms with Crippen LogP contribution in [0.25, 0.3) is 0 Å². The van der Waals surface area contributed by atoms with E-state index in [4.69, 9.17) is 0 Å². The lowest BCUT2D eigenvalue weighted by Crippen LogP contribution is -2.37. The predicted octanol–water partition coefficient (Wildman–Crippen LogP) is 3.63. The third-order valence-electron chi connectivity index (χ3n) is 4.36. The molecule has 1 amide bonds. The number of hydrogen-bond donors (Lipinski definition) is 2. The van der Waals surface area contributed by atoms with E-state index in [2.05, 4.69) is 24.5 Å². The largest absolute Gasteiger partial charge is 0.355 e. The molecule has 0 aromatic heterocycles. The molecule has 2 atom stereocenters. The van der Waals surface area contributed by atoms with Crippen molar-refractivity contribution < 1.29 is 4.79 Å². The molecule has 0 aromatic rings. The van der Waals surface area contributed by atoms with Gasteiger partial charge in [-0.2, -0.15) is 0 Å². The van der Waals surface area contributed by atoms with Gasteiger partial charge in [0, 0.05) is 19.0 Å². The van der Waals surface area contributed by atoms with E-state index >= 15 is 0 Å². The number of unbranched alkanes of at least 4 members (excludes halogenated alkanes) is 3. The van der Waals surface area contributed by atoms with Gasteiger partial charge in [-0.15, -0.1) is 0 Å². The Morgan fingerprint density at radius 3 is 2.60 bits per heavy atom. The molecule has 0 saturated carbocycles. The lowest BCUT2D eigenvalue weighted by atomic mass is 9.92. The second-order valence-corrected chi connectivity index (χ2v) is 6.31. The highest BCUT2D eigenvalue weighted by molar-refractivity contribution is 5.76. The summed E-state index contributed by atoms with van der Waals surface area (Å²) in [5, 5.41) is 6.55. The topological polar surface area (TPSA) is 41.1 Å². The Hall–Kier alpha value is -0.570. The van der Waals surface area contributed by atoms with Crippen molar-refractivity contribution in [2.24, 2.45) is 5.92 Å². The Morgan fingerprint density at radius 2 is 1.95 bits per heavy atom. The molecule has 1 unspecified atom stereocenters. The Balaban J connectivity index is 2.20. The van der Waals surface area contributed by atoms with Gasteiger partial charge in [0.15, 0.2) is 0 Å². The number of carbonyl (C=O) groups is 1. The molecule has 1 rings (SSSR count). The van der Waals surface area contributed by atoms with Crippen molar-refractivity contribution in [3.05, 3.63) is 0 Å². The summed E-state index contributed by atoms with van der Waals surface area (Å²) in [4.78, 5) is 12.1. The minimum absolute atomic E-state index is 0.260. The Kier molecular flexibility index (Phi) is 9.73. The number of hydrogen-bond acceptors (Lipinski definition) is 2. The third kappa shape index (κ3) is 7.88. The summed E-state index contributed by atoms with van der Waals surface area (Å²) in [6.07, 6.45) is 12.0. The molecular formula is C17H34N2O. The van der Waals surface area contributed by atoms with Gasteiger partial charge in [-0.3, -0.25) is 4.79 Å². The highest BCUT2D eigenvalue weighted by Crippen LogP contribution is 2.20. The van der Waals surface area contributed by atoms with Gasteiger partial charge in [-0.05, 0) is 38.1 Å². The molecular weight excluding hydrogens is 248 g/mol. The summed E-state index contributed by atoms with van der Waals surface area (Å²) >= 11 is 0. The van der Waals surface area contributed by atoms with Crippen molar-refractivity contribution in [2.45, 2.75) is 84.1 Å². The van der Waals surface area contributed by atoms with Crippen LogP contribution in [-0.4, -0.2) is 25.0 Å². The summed E-state index contributed by atoms with van der Waals surface area (Å²) in [7, 11) is 0. The molecule has 0 aromatic carbocycles. The van der Waals surface area contributed by atoms with Crippen molar-refractivity contribution in [1.82, 2.24) is 10.6 Å². The standard InChI is InChI=1S/C17H34N2O/c1-3-5-7-10-15(9-6-4-2)13-17(20)19-14-16-11-8-12-18-16/h15-16,18H,3-14H2,1-2H3,(H,19,20)/t15?,16-/m0/s1. The SMILES string of the molecule is CCCCCC(CCCC)CC(=O)NC[C@@H]1CCCN1. The average molecular weight is 282 g/mol. The Morgan fingerprint density at radius 1 is 1.20 bits per heavy atom. The fraction of sp³-hybridized carbons (Fsp3) is 0.941. The van der Waals surface area contributed by atoms with Crippen LogP contribution in [0, 0.1) is 5.92 Å². The molecule has 0 spiro atoms. The van der Waals surface area contributed by atoms with Crippen LogP contribution in [0.2, 0.25) is 0 Å². The summed E-state index contributed by atoms with van der Waals surface area (Å²) in [6, 6.07) is 0.508. The zero-order chi connectivity index (χ0) is 14.6. The van der Waals surface area contributed by atoms with Crippen LogP contribution in [0.4, 0.5) is 0 Å². The molecule has 1 fully saturated rings. The van der Waals surface area contributed by atoms with Crippen molar-refractivity contribution in [2.75, 3.05) is 13.1 Å². The molecule has 1 heterocycles. The zero-order valence-corrected chi connectivity index (χ0v) is 13.5. The number of carbonyl (C=O) groups excluding carboxylic acids is 1. The van der Waals surface area contributed by atoms with E-state index in [0.717, 1.165) is 19.5 Å². The highest BCUT2D eigenvalue weighted by atomic mass is 16.1. The number of amides is 1. The van der Waals surface area contributed by atoms with Gasteiger partial charge in [0.1, 0.15) is 0 Å². The van der Waals surface area contributed by atoms with Crippen LogP contribution in [0.15, 0.2) is 0 Å². The van der Waals surface area contributed by atoms with E-state index in [1.165, 1.54) is 57.8 Å². The van der Waals surface area contributed by atoms with Gasteiger partial charge >= 0.3 is 0 Å². The molecule has 3 heteroatoms. The fourth-order valence-electron chi connectivity index (χ4n) is 3.03. The van der Waals surface area contributed by atoms with Gasteiger partial charge < -0.3 is 10.6 Å². The molecule has 0 bridgehead atoms. The molecule has 1 aliphatic heterocycles. The van der Waals surface area contributed by atoms with Crippen molar-refractivity contribution in [3.8, 4) is 0 Å². The summed E-state index contributed by atoms with van der Waals surface area (Å²) in [5.74, 6) is 0.856. The molecule has 1 saturated heterocycles. The average Bonchev–Trinajstić information content (AvgIpc) is 2.96. The van der Waals surface area contributed by atoms with Crippen LogP contribution in [0.1, 0.15) is 78.1 Å². The summed E-state index contributed by atoms with van der Waals surface area (Å²) in [5.41, 5.74) is 0. The first-order chi connectivity index (χ1) is 9.76. The fourth-order valence-corrected chi connectivity index (χ4v) is 3.03. The minimum Gasteiger partial charge on any atom is -0.355 e. The summed E-state index contributed by atoms with van der Waals surface area (Å²) in [6.45, 7) is 6.39. The third-order valence-corrected chi connectivity index (χ3v) is 4.36. The maximum absolute atomic E-state index is 12.1. The predicted molar refractivity (Wildman–Crippen MR) is 85.8 cm³/mol. The van der Waals surface area contributed by atoms with Crippen LogP contribution < -0.4 is 10.6 Å². The maximum atomic E-state index is 12.1. The van der Waals surface area contributed by atoms with Gasteiger partial charge in [0.25, 0.3) is 0 Å². The van der Waals surface area contributed by atoms with E-state index in [-0.39, 0.29) is 5.91 Å². The van der Waals surface area contributed by atoms with Gasteiger partial charge in [0.2, 0.25) is 5.91 Å². The lowest BCUT2D eigenvalue weighted by Gasteiger charge is -2.17. The van der Waals surface area contributed by atoms with E-state index in [1.807, 2.05) is 0 Å². The number of rotatable bonds is 11. The lowest BCUT2D eigenvalue weighted by molar-refractivity contribution is -0.122. The van der Waals surface area contributed by atoms with Crippen molar-refractivity contribution >= 4 is 5.91 Å². The molecule has 3 nitrogen and oxygen atoms in total. The molecule has 118 valence electrons. The molecule has 0 radical (unpaired) electrons. The Labute approximate surface area is 125 Å². The van der Waals surface area contributed by atoms with Crippen LogP contribution in [0.3, 0.4) is 0 Å². The highest BCUT2D eigenvalue weighted by Gasteiger charge is 2.17. The smallest absolute Gasteiger partial charge is 0.220 e. The van der Waals surface area contributed by atoms with Crippen LogP contribution in [-0.2, 0) is 4.79 Å². The summed E-state index contributed by atoms with van der Waals surface area (Å²) < 4.78 is 0. The Bertz CT molecular complexity index is 249. The van der Waals surface area contributed by atoms with Crippen LogP contribution in [0.5, 0.6) is 0 Å². The van der Waals surface area contributed by atoms with E-state index in [0.29, 0.717) is 12.0 Å². The molecule has 1 aliphatic rings. The van der Waals surface area contributed by atoms with E-state index < -0.39 is 0 Å². The minimum atomic E-state index is 0.260. The van der Waals surface area contributed by atoms with E-state index in [1.54, 1.807) is 0 Å². The number of nitrogens with one attached hydrogen (secondary N) is 2. The monoisotopic (exact) mass is 282 g/mol. The zero-order valence-electron chi connectivity index (χ0n) is 13.5. The molecule has 0 aliphatic carbocycles. The van der Waals surface area contributed by atoms with Crippen LogP contribution >= 0.6 is 0 Å². The van der Waals surface area contributed by atoms with Crippen molar-refractivity contribution in [1.29, 1.82) is 0 Å². The second kappa shape index (κ2) is 11.1. The maximum Gasteiger partial charge on any atom is 0.220 e. The van der Waals surface area contributed by atoms with Gasteiger partial charge in [0.05, 0.1) is 0 Å². The van der Waals surface area contributed by atoms with Crippen molar-refractivity contribution in [3.63, 3.8) is 0 Å². The van der Waals surface area contributed by atoms with Gasteiger partial charge in [-0.25, -0.2) is 0 Å². The molecule has 2 N–H and O–H groups in total. The first kappa shape index (κ1) is 17.5.